The third kappa shape index (κ3) is 5.52. The van der Waals surface area contributed by atoms with E-state index in [1.54, 1.807) is 21.5 Å². The van der Waals surface area contributed by atoms with Crippen molar-refractivity contribution in [3.05, 3.63) is 101 Å². The van der Waals surface area contributed by atoms with Crippen molar-refractivity contribution in [2.45, 2.75) is 19.9 Å². The Kier molecular flexibility index (Phi) is 7.61. The molecule has 12 nitrogen and oxygen atoms in total. The van der Waals surface area contributed by atoms with Crippen LogP contribution in [0.3, 0.4) is 0 Å². The van der Waals surface area contributed by atoms with E-state index < -0.39 is 21.9 Å². The molecule has 6 rings (SSSR count). The second-order valence-electron chi connectivity index (χ2n) is 10.3. The monoisotopic (exact) mass is 616 g/mol. The van der Waals surface area contributed by atoms with E-state index in [4.69, 9.17) is 9.84 Å². The second-order valence-corrected chi connectivity index (χ2v) is 12.1. The van der Waals surface area contributed by atoms with Crippen LogP contribution in [0.25, 0.3) is 33.4 Å². The fraction of sp³-hybridized carbons (Fsp3) is 0.200. The van der Waals surface area contributed by atoms with Crippen molar-refractivity contribution in [2.24, 2.45) is 0 Å². The Labute approximate surface area is 251 Å². The van der Waals surface area contributed by atoms with Gasteiger partial charge in [0.2, 0.25) is 10.0 Å². The van der Waals surface area contributed by atoms with E-state index in [2.05, 4.69) is 25.0 Å². The number of aryl methyl sites for hydroxylation is 1. The number of ether oxygens (including phenoxy) is 1. The summed E-state index contributed by atoms with van der Waals surface area (Å²) in [6.45, 7) is 3.72. The van der Waals surface area contributed by atoms with Crippen LogP contribution in [0.5, 0.6) is 0 Å². The number of methoxy groups -OCH3 is 1. The fourth-order valence-electron chi connectivity index (χ4n) is 5.14. The van der Waals surface area contributed by atoms with Crippen molar-refractivity contribution in [2.75, 3.05) is 29.5 Å². The smallest absolute Gasteiger partial charge is 0.282 e. The molecule has 0 aliphatic carbocycles. The number of aromatic nitrogens is 6. The van der Waals surface area contributed by atoms with Crippen LogP contribution in [-0.2, 0) is 14.8 Å². The molecule has 0 radical (unpaired) electrons. The minimum Gasteiger partial charge on any atom is -0.384 e. The van der Waals surface area contributed by atoms with Crippen molar-refractivity contribution in [1.82, 2.24) is 29.1 Å². The van der Waals surface area contributed by atoms with Gasteiger partial charge in [-0.15, -0.1) is 0 Å². The van der Waals surface area contributed by atoms with Crippen LogP contribution in [0.15, 0.2) is 78.1 Å². The number of anilines is 2. The van der Waals surface area contributed by atoms with Crippen molar-refractivity contribution in [3.8, 4) is 16.8 Å². The molecule has 0 aliphatic rings. The molecule has 226 valence electrons. The minimum atomic E-state index is -3.76. The summed E-state index contributed by atoms with van der Waals surface area (Å²) >= 11 is 0. The lowest BCUT2D eigenvalue weighted by Crippen LogP contribution is -2.29. The Bertz CT molecular complexity index is 2160. The molecule has 0 saturated carbocycles. The number of hydrogen-bond donors (Lipinski definition) is 3. The molecule has 2 aromatic carbocycles. The van der Waals surface area contributed by atoms with Crippen LogP contribution < -0.4 is 15.6 Å². The molecule has 0 bridgehead atoms. The van der Waals surface area contributed by atoms with E-state index in [0.717, 1.165) is 11.6 Å². The van der Waals surface area contributed by atoms with Gasteiger partial charge in [-0.05, 0) is 61.4 Å². The molecule has 0 aliphatic heterocycles. The van der Waals surface area contributed by atoms with Crippen LogP contribution in [0.4, 0.5) is 15.9 Å². The van der Waals surface area contributed by atoms with Crippen LogP contribution >= 0.6 is 0 Å². The molecule has 0 spiro atoms. The van der Waals surface area contributed by atoms with E-state index in [1.807, 2.05) is 50.2 Å². The molecular weight excluding hydrogens is 587 g/mol. The summed E-state index contributed by atoms with van der Waals surface area (Å²) in [5, 5.41) is 8.72. The Morgan fingerprint density at radius 3 is 2.68 bits per heavy atom. The Morgan fingerprint density at radius 1 is 1.11 bits per heavy atom. The molecule has 4 aromatic heterocycles. The summed E-state index contributed by atoms with van der Waals surface area (Å²) in [5.74, 6) is -0.0689. The number of aromatic amines is 1. The predicted molar refractivity (Wildman–Crippen MR) is 166 cm³/mol. The van der Waals surface area contributed by atoms with Crippen molar-refractivity contribution >= 4 is 38.1 Å². The van der Waals surface area contributed by atoms with Crippen molar-refractivity contribution < 1.29 is 17.5 Å². The lowest BCUT2D eigenvalue weighted by molar-refractivity contribution is 0.217. The van der Waals surface area contributed by atoms with Gasteiger partial charge in [-0.25, -0.2) is 27.3 Å². The molecule has 14 heteroatoms. The standard InChI is InChI=1S/C30H29FN8O4S/c1-18-9-10-38-26(18)30(40)39(23-7-5-4-6-8-23)29(36-38)19(2)35-28-25-24(16-32-27(25)33-17-34-28)20-13-21(31)15-22(14-20)37-44(41,42)12-11-43-3/h4-10,13-17,19,37H,11-12H2,1-3H3,(H2,32,33,34,35)/t19-/m0/s1. The number of nitrogens with zero attached hydrogens (tertiary/aromatic N) is 5. The van der Waals surface area contributed by atoms with Crippen LogP contribution in [0, 0.1) is 12.7 Å². The SMILES string of the molecule is COCCS(=O)(=O)Nc1cc(F)cc(-c2c[nH]c3ncnc(N[C@@H](C)c4nn5ccc(C)c5c(=O)n4-c4ccccc4)c23)c1. The number of rotatable bonds is 10. The molecular formula is C30H29FN8O4S. The maximum absolute atomic E-state index is 14.8. The maximum Gasteiger partial charge on any atom is 0.282 e. The van der Waals surface area contributed by atoms with Gasteiger partial charge in [0.1, 0.15) is 29.1 Å². The number of H-pyrrole nitrogens is 1. The van der Waals surface area contributed by atoms with Gasteiger partial charge in [-0.2, -0.15) is 5.10 Å². The number of benzene rings is 2. The zero-order valence-corrected chi connectivity index (χ0v) is 24.9. The second kappa shape index (κ2) is 11.5. The summed E-state index contributed by atoms with van der Waals surface area (Å²) in [7, 11) is -2.36. The molecule has 6 aromatic rings. The fourth-order valence-corrected chi connectivity index (χ4v) is 6.10. The van der Waals surface area contributed by atoms with Gasteiger partial charge in [0.25, 0.3) is 5.56 Å². The number of hydrogen-bond acceptors (Lipinski definition) is 8. The molecule has 0 amide bonds. The maximum atomic E-state index is 14.8. The van der Waals surface area contributed by atoms with Gasteiger partial charge in [-0.3, -0.25) is 14.1 Å². The van der Waals surface area contributed by atoms with E-state index in [9.17, 15) is 17.6 Å². The lowest BCUT2D eigenvalue weighted by Gasteiger charge is -2.20. The van der Waals surface area contributed by atoms with E-state index in [1.165, 1.54) is 25.6 Å². The summed E-state index contributed by atoms with van der Waals surface area (Å²) in [4.78, 5) is 25.7. The molecule has 1 atom stereocenters. The number of halogens is 1. The zero-order valence-electron chi connectivity index (χ0n) is 24.1. The van der Waals surface area contributed by atoms with Crippen molar-refractivity contribution in [3.63, 3.8) is 0 Å². The molecule has 3 N–H and O–H groups in total. The quantitative estimate of drug-likeness (QED) is 0.205. The summed E-state index contributed by atoms with van der Waals surface area (Å²) in [6.07, 6.45) is 4.78. The minimum absolute atomic E-state index is 0.00560. The highest BCUT2D eigenvalue weighted by molar-refractivity contribution is 7.92. The third-order valence-corrected chi connectivity index (χ3v) is 8.43. The van der Waals surface area contributed by atoms with Gasteiger partial charge in [-0.1, -0.05) is 18.2 Å². The molecule has 4 heterocycles. The van der Waals surface area contributed by atoms with Gasteiger partial charge < -0.3 is 15.0 Å². The van der Waals surface area contributed by atoms with Crippen LogP contribution in [0.2, 0.25) is 0 Å². The Balaban J connectivity index is 1.42. The Hall–Kier alpha value is -5.08. The molecule has 0 unspecified atom stereocenters. The first-order chi connectivity index (χ1) is 21.1. The molecule has 44 heavy (non-hydrogen) atoms. The molecule has 0 saturated heterocycles. The first kappa shape index (κ1) is 29.0. The average Bonchev–Trinajstić information content (AvgIpc) is 3.60. The summed E-state index contributed by atoms with van der Waals surface area (Å²) in [6, 6.07) is 14.5. The highest BCUT2D eigenvalue weighted by Gasteiger charge is 2.22. The third-order valence-electron chi connectivity index (χ3n) is 7.18. The summed E-state index contributed by atoms with van der Waals surface area (Å²) < 4.78 is 50.1. The number of para-hydroxylation sites is 1. The first-order valence-electron chi connectivity index (χ1n) is 13.7. The Morgan fingerprint density at radius 2 is 1.91 bits per heavy atom. The van der Waals surface area contributed by atoms with Crippen LogP contribution in [0.1, 0.15) is 24.4 Å². The predicted octanol–water partition coefficient (Wildman–Crippen LogP) is 4.43. The highest BCUT2D eigenvalue weighted by atomic mass is 32.2. The van der Waals surface area contributed by atoms with Gasteiger partial charge in [0.05, 0.1) is 35.2 Å². The van der Waals surface area contributed by atoms with Gasteiger partial charge in [0.15, 0.2) is 5.82 Å². The van der Waals surface area contributed by atoms with Gasteiger partial charge in [0, 0.05) is 25.1 Å². The largest absolute Gasteiger partial charge is 0.384 e. The van der Waals surface area contributed by atoms with Crippen molar-refractivity contribution in [1.29, 1.82) is 0 Å². The lowest BCUT2D eigenvalue weighted by atomic mass is 10.0. The van der Waals surface area contributed by atoms with Crippen LogP contribution in [-0.4, -0.2) is 57.0 Å². The highest BCUT2D eigenvalue weighted by Crippen LogP contribution is 2.35. The average molecular weight is 617 g/mol. The molecule has 0 fully saturated rings. The topological polar surface area (TPSA) is 148 Å². The van der Waals surface area contributed by atoms with E-state index in [0.29, 0.717) is 45.0 Å². The number of sulfonamides is 1. The van der Waals surface area contributed by atoms with E-state index in [-0.39, 0.29) is 23.6 Å². The van der Waals surface area contributed by atoms with E-state index >= 15 is 0 Å². The zero-order chi connectivity index (χ0) is 31.0. The van der Waals surface area contributed by atoms with Gasteiger partial charge >= 0.3 is 0 Å². The summed E-state index contributed by atoms with van der Waals surface area (Å²) in [5.41, 5.74) is 3.20. The first-order valence-corrected chi connectivity index (χ1v) is 15.4. The number of fused-ring (bicyclic) bond motifs is 2. The number of nitrogens with one attached hydrogen (secondary N) is 3. The normalized spacial score (nSPS) is 12.5.